The lowest BCUT2D eigenvalue weighted by atomic mass is 9.87. The van der Waals surface area contributed by atoms with Gasteiger partial charge in [-0.25, -0.2) is 13.1 Å². The molecule has 2 rings (SSSR count). The summed E-state index contributed by atoms with van der Waals surface area (Å²) in [7, 11) is 1.39. The van der Waals surface area contributed by atoms with Crippen LogP contribution < -0.4 is 5.32 Å². The summed E-state index contributed by atoms with van der Waals surface area (Å²) in [6.45, 7) is 1.65. The molecule has 1 saturated heterocycles. The molecule has 1 aliphatic heterocycles. The summed E-state index contributed by atoms with van der Waals surface area (Å²) in [5, 5.41) is 2.71. The maximum Gasteiger partial charge on any atom is 0.252 e. The lowest BCUT2D eigenvalue weighted by molar-refractivity contribution is -0.133. The number of halogens is 2. The van der Waals surface area contributed by atoms with Gasteiger partial charge in [-0.05, 0) is 23.8 Å². The van der Waals surface area contributed by atoms with E-state index in [9.17, 15) is 13.6 Å². The summed E-state index contributed by atoms with van der Waals surface area (Å²) in [5.74, 6) is -2.65. The monoisotopic (exact) mass is 282 g/mol. The van der Waals surface area contributed by atoms with Crippen LogP contribution in [0.15, 0.2) is 0 Å². The molecule has 1 aliphatic carbocycles. The highest BCUT2D eigenvalue weighted by Gasteiger charge is 2.46. The first-order chi connectivity index (χ1) is 8.00. The number of hydrogen-bond donors (Lipinski definition) is 2. The number of carbonyl (C=O) groups excluding carboxylic acids is 1. The molecule has 98 valence electrons. The van der Waals surface area contributed by atoms with E-state index >= 15 is 0 Å². The van der Waals surface area contributed by atoms with Crippen molar-refractivity contribution in [1.29, 1.82) is 0 Å². The van der Waals surface area contributed by atoms with E-state index in [4.69, 9.17) is 0 Å². The summed E-state index contributed by atoms with van der Waals surface area (Å²) in [4.78, 5) is 11.8. The molecule has 7 heteroatoms. The average molecular weight is 282 g/mol. The van der Waals surface area contributed by atoms with Gasteiger partial charge >= 0.3 is 0 Å². The molecular formula is C10H16F2N2OS2. The van der Waals surface area contributed by atoms with Gasteiger partial charge in [0.2, 0.25) is 5.91 Å². The van der Waals surface area contributed by atoms with Gasteiger partial charge in [0.05, 0.1) is 0 Å². The van der Waals surface area contributed by atoms with Crippen molar-refractivity contribution in [3.63, 3.8) is 0 Å². The van der Waals surface area contributed by atoms with Crippen molar-refractivity contribution in [1.82, 2.24) is 9.62 Å². The van der Waals surface area contributed by atoms with Crippen LogP contribution in [0.25, 0.3) is 0 Å². The molecule has 17 heavy (non-hydrogen) atoms. The zero-order valence-corrected chi connectivity index (χ0v) is 11.1. The first-order valence-corrected chi connectivity index (χ1v) is 7.57. The smallest absolute Gasteiger partial charge is 0.252 e. The van der Waals surface area contributed by atoms with Crippen LogP contribution in [0.5, 0.6) is 0 Å². The van der Waals surface area contributed by atoms with E-state index < -0.39 is 5.92 Å². The van der Waals surface area contributed by atoms with Crippen LogP contribution in [0.4, 0.5) is 8.78 Å². The van der Waals surface area contributed by atoms with Gasteiger partial charge in [0.25, 0.3) is 5.92 Å². The minimum Gasteiger partial charge on any atom is -0.353 e. The molecule has 2 aliphatic rings. The van der Waals surface area contributed by atoms with Crippen molar-refractivity contribution in [2.75, 3.05) is 13.1 Å². The summed E-state index contributed by atoms with van der Waals surface area (Å²) < 4.78 is 27.3. The molecule has 0 atom stereocenters. The Hall–Kier alpha value is -0.0100. The van der Waals surface area contributed by atoms with Crippen LogP contribution in [-0.2, 0) is 4.79 Å². The second-order valence-corrected chi connectivity index (χ2v) is 5.92. The van der Waals surface area contributed by atoms with Gasteiger partial charge in [0.15, 0.2) is 0 Å². The molecule has 1 saturated carbocycles. The third-order valence-electron chi connectivity index (χ3n) is 3.38. The predicted molar refractivity (Wildman–Crippen MR) is 67.0 cm³/mol. The minimum atomic E-state index is -2.57. The van der Waals surface area contributed by atoms with Gasteiger partial charge in [0, 0.05) is 37.9 Å². The molecule has 2 fully saturated rings. The Morgan fingerprint density at radius 3 is 2.41 bits per heavy atom. The SMILES string of the molecule is O=C(NC1CC(F)(F)C1)C1CCN(SS)CC1. The van der Waals surface area contributed by atoms with Gasteiger partial charge in [0.1, 0.15) is 0 Å². The third-order valence-corrected chi connectivity index (χ3v) is 4.67. The van der Waals surface area contributed by atoms with Crippen LogP contribution in [-0.4, -0.2) is 35.3 Å². The summed E-state index contributed by atoms with van der Waals surface area (Å²) >= 11 is 4.10. The fraction of sp³-hybridized carbons (Fsp3) is 0.900. The van der Waals surface area contributed by atoms with Crippen molar-refractivity contribution in [2.24, 2.45) is 5.92 Å². The number of nitrogens with zero attached hydrogens (tertiary/aromatic N) is 1. The second-order valence-electron chi connectivity index (χ2n) is 4.75. The van der Waals surface area contributed by atoms with Gasteiger partial charge in [-0.3, -0.25) is 4.79 Å². The van der Waals surface area contributed by atoms with Crippen LogP contribution in [0.3, 0.4) is 0 Å². The Morgan fingerprint density at radius 2 is 1.94 bits per heavy atom. The number of carbonyl (C=O) groups is 1. The maximum atomic E-state index is 12.6. The van der Waals surface area contributed by atoms with E-state index in [0.717, 1.165) is 25.9 Å². The van der Waals surface area contributed by atoms with E-state index in [2.05, 4.69) is 21.3 Å². The van der Waals surface area contributed by atoms with Crippen molar-refractivity contribution < 1.29 is 13.6 Å². The minimum absolute atomic E-state index is 0.0269. The highest BCUT2D eigenvalue weighted by Crippen LogP contribution is 2.37. The van der Waals surface area contributed by atoms with Crippen molar-refractivity contribution >= 4 is 28.5 Å². The lowest BCUT2D eigenvalue weighted by Gasteiger charge is -2.37. The zero-order valence-electron chi connectivity index (χ0n) is 9.36. The number of alkyl halides is 2. The van der Waals surface area contributed by atoms with Gasteiger partial charge < -0.3 is 5.32 Å². The molecule has 1 N–H and O–H groups in total. The fourth-order valence-electron chi connectivity index (χ4n) is 2.28. The van der Waals surface area contributed by atoms with E-state index in [1.54, 1.807) is 0 Å². The molecule has 0 bridgehead atoms. The van der Waals surface area contributed by atoms with Crippen LogP contribution in [0.1, 0.15) is 25.7 Å². The number of hydrogen-bond acceptors (Lipinski definition) is 4. The van der Waals surface area contributed by atoms with Crippen LogP contribution >= 0.6 is 22.6 Å². The Kier molecular flexibility index (Phi) is 4.20. The van der Waals surface area contributed by atoms with E-state index in [1.807, 2.05) is 0 Å². The number of thiol groups is 1. The standard InChI is InChI=1S/C10H16F2N2OS2/c11-10(12)5-8(6-10)13-9(15)7-1-3-14(17-16)4-2-7/h7-8,16H,1-6H2,(H,13,15). The van der Waals surface area contributed by atoms with Crippen molar-refractivity contribution in [2.45, 2.75) is 37.6 Å². The predicted octanol–water partition coefficient (Wildman–Crippen LogP) is 2.11. The number of piperidine rings is 1. The van der Waals surface area contributed by atoms with E-state index in [0.29, 0.717) is 0 Å². The Balaban J connectivity index is 1.71. The summed E-state index contributed by atoms with van der Waals surface area (Å²) in [5.41, 5.74) is 0. The lowest BCUT2D eigenvalue weighted by Crippen LogP contribution is -2.52. The van der Waals surface area contributed by atoms with Gasteiger partial charge in [-0.1, -0.05) is 11.7 Å². The quantitative estimate of drug-likeness (QED) is 0.472. The Labute approximate surface area is 109 Å². The third kappa shape index (κ3) is 3.48. The maximum absolute atomic E-state index is 12.6. The number of rotatable bonds is 3. The van der Waals surface area contributed by atoms with Crippen LogP contribution in [0, 0.1) is 5.92 Å². The number of amides is 1. The average Bonchev–Trinajstić information content (AvgIpc) is 2.26. The summed E-state index contributed by atoms with van der Waals surface area (Å²) in [6, 6.07) is -0.324. The Bertz CT molecular complexity index is 288. The van der Waals surface area contributed by atoms with Crippen molar-refractivity contribution in [3.05, 3.63) is 0 Å². The normalized spacial score (nSPS) is 26.5. The molecule has 0 aromatic rings. The zero-order chi connectivity index (χ0) is 12.5. The molecule has 0 unspecified atom stereocenters. The highest BCUT2D eigenvalue weighted by molar-refractivity contribution is 8.67. The topological polar surface area (TPSA) is 32.3 Å². The summed E-state index contributed by atoms with van der Waals surface area (Å²) in [6.07, 6.45) is 1.15. The number of nitrogens with one attached hydrogen (secondary N) is 1. The highest BCUT2D eigenvalue weighted by atomic mass is 33.1. The van der Waals surface area contributed by atoms with Gasteiger partial charge in [-0.15, -0.1) is 0 Å². The second kappa shape index (κ2) is 5.32. The first-order valence-electron chi connectivity index (χ1n) is 5.75. The molecule has 0 radical (unpaired) electrons. The molecule has 3 nitrogen and oxygen atoms in total. The van der Waals surface area contributed by atoms with E-state index in [1.165, 1.54) is 11.0 Å². The molecule has 1 heterocycles. The molecule has 0 aromatic heterocycles. The van der Waals surface area contributed by atoms with Crippen LogP contribution in [0.2, 0.25) is 0 Å². The molecule has 0 aromatic carbocycles. The van der Waals surface area contributed by atoms with Gasteiger partial charge in [-0.2, -0.15) is 0 Å². The molecular weight excluding hydrogens is 266 g/mol. The Morgan fingerprint density at radius 1 is 1.35 bits per heavy atom. The van der Waals surface area contributed by atoms with Crippen molar-refractivity contribution in [3.8, 4) is 0 Å². The molecule has 1 amide bonds. The molecule has 0 spiro atoms. The largest absolute Gasteiger partial charge is 0.353 e. The fourth-order valence-corrected chi connectivity index (χ4v) is 3.15. The first kappa shape index (κ1) is 13.4. The van der Waals surface area contributed by atoms with E-state index in [-0.39, 0.29) is 30.7 Å².